The maximum atomic E-state index is 12.5. The highest BCUT2D eigenvalue weighted by Gasteiger charge is 2.41. The Kier molecular flexibility index (Phi) is 4.73. The van der Waals surface area contributed by atoms with Gasteiger partial charge in [0.2, 0.25) is 11.8 Å². The highest BCUT2D eigenvalue weighted by atomic mass is 16.2. The summed E-state index contributed by atoms with van der Waals surface area (Å²) in [6.07, 6.45) is 2.85. The summed E-state index contributed by atoms with van der Waals surface area (Å²) >= 11 is 0. The number of nitrogens with zero attached hydrogens (tertiary/aromatic N) is 1. The average molecular weight is 288 g/mol. The smallest absolute Gasteiger partial charge is 0.277 e. The monoisotopic (exact) mass is 288 g/mol. The molecule has 1 aromatic rings. The molecular weight excluding hydrogens is 268 g/mol. The first-order valence-corrected chi connectivity index (χ1v) is 7.36. The first-order chi connectivity index (χ1) is 10.1. The SMILES string of the molecule is CCCc1ccccc1N1C(=O)NC(=O)C(CCC)C1=O. The Bertz CT molecular complexity index is 568. The number of carbonyl (C=O) groups excluding carboxylic acids is 3. The van der Waals surface area contributed by atoms with Crippen molar-refractivity contribution < 1.29 is 14.4 Å². The van der Waals surface area contributed by atoms with Gasteiger partial charge in [0.25, 0.3) is 0 Å². The van der Waals surface area contributed by atoms with E-state index >= 15 is 0 Å². The zero-order valence-electron chi connectivity index (χ0n) is 12.4. The predicted molar refractivity (Wildman–Crippen MR) is 79.9 cm³/mol. The normalized spacial score (nSPS) is 18.9. The molecule has 0 aliphatic carbocycles. The van der Waals surface area contributed by atoms with Gasteiger partial charge in [-0.2, -0.15) is 0 Å². The van der Waals surface area contributed by atoms with E-state index in [1.54, 1.807) is 12.1 Å². The van der Waals surface area contributed by atoms with Crippen LogP contribution in [0, 0.1) is 5.92 Å². The van der Waals surface area contributed by atoms with E-state index in [-0.39, 0.29) is 0 Å². The van der Waals surface area contributed by atoms with Crippen LogP contribution in [0.15, 0.2) is 24.3 Å². The summed E-state index contributed by atoms with van der Waals surface area (Å²) in [4.78, 5) is 37.6. The van der Waals surface area contributed by atoms with Crippen LogP contribution in [0.5, 0.6) is 0 Å². The van der Waals surface area contributed by atoms with Crippen molar-refractivity contribution >= 4 is 23.5 Å². The molecule has 1 aliphatic rings. The van der Waals surface area contributed by atoms with Gasteiger partial charge in [-0.25, -0.2) is 9.69 Å². The predicted octanol–water partition coefficient (Wildman–Crippen LogP) is 2.64. The molecule has 2 rings (SSSR count). The Morgan fingerprint density at radius 2 is 1.81 bits per heavy atom. The molecule has 1 fully saturated rings. The van der Waals surface area contributed by atoms with Crippen LogP contribution in [0.4, 0.5) is 10.5 Å². The standard InChI is InChI=1S/C16H20N2O3/c1-3-7-11-9-5-6-10-13(11)18-15(20)12(8-4-2)14(19)17-16(18)21/h5-6,9-10,12H,3-4,7-8H2,1-2H3,(H,17,19,21). The second-order valence-corrected chi connectivity index (χ2v) is 5.19. The third-order valence-corrected chi connectivity index (χ3v) is 3.60. The van der Waals surface area contributed by atoms with Crippen LogP contribution in [-0.4, -0.2) is 17.8 Å². The molecule has 4 amide bonds. The van der Waals surface area contributed by atoms with E-state index in [9.17, 15) is 14.4 Å². The lowest BCUT2D eigenvalue weighted by molar-refractivity contribution is -0.134. The van der Waals surface area contributed by atoms with Gasteiger partial charge in [-0.15, -0.1) is 0 Å². The second-order valence-electron chi connectivity index (χ2n) is 5.19. The average Bonchev–Trinajstić information content (AvgIpc) is 2.45. The number of hydrogen-bond acceptors (Lipinski definition) is 3. The molecule has 0 radical (unpaired) electrons. The minimum Gasteiger partial charge on any atom is -0.277 e. The van der Waals surface area contributed by atoms with Crippen molar-refractivity contribution in [2.24, 2.45) is 5.92 Å². The Labute approximate surface area is 124 Å². The van der Waals surface area contributed by atoms with Crippen LogP contribution in [0.1, 0.15) is 38.7 Å². The van der Waals surface area contributed by atoms with Crippen LogP contribution in [0.2, 0.25) is 0 Å². The number of barbiturate groups is 1. The van der Waals surface area contributed by atoms with Gasteiger partial charge in [-0.3, -0.25) is 14.9 Å². The fourth-order valence-electron chi connectivity index (χ4n) is 2.60. The number of para-hydroxylation sites is 1. The number of anilines is 1. The Morgan fingerprint density at radius 3 is 2.48 bits per heavy atom. The fourth-order valence-corrected chi connectivity index (χ4v) is 2.60. The third kappa shape index (κ3) is 2.96. The maximum absolute atomic E-state index is 12.5. The first kappa shape index (κ1) is 15.2. The van der Waals surface area contributed by atoms with Crippen molar-refractivity contribution in [3.63, 3.8) is 0 Å². The van der Waals surface area contributed by atoms with Crippen molar-refractivity contribution in [1.29, 1.82) is 0 Å². The molecule has 1 N–H and O–H groups in total. The van der Waals surface area contributed by atoms with Gasteiger partial charge < -0.3 is 0 Å². The van der Waals surface area contributed by atoms with Crippen LogP contribution in [0.3, 0.4) is 0 Å². The molecular formula is C16H20N2O3. The van der Waals surface area contributed by atoms with Gasteiger partial charge in [0.1, 0.15) is 5.92 Å². The van der Waals surface area contributed by atoms with E-state index in [1.165, 1.54) is 0 Å². The van der Waals surface area contributed by atoms with Gasteiger partial charge in [-0.1, -0.05) is 44.9 Å². The lowest BCUT2D eigenvalue weighted by Crippen LogP contribution is -2.58. The molecule has 5 heteroatoms. The third-order valence-electron chi connectivity index (χ3n) is 3.60. The van der Waals surface area contributed by atoms with Crippen molar-refractivity contribution in [1.82, 2.24) is 5.32 Å². The summed E-state index contributed by atoms with van der Waals surface area (Å²) < 4.78 is 0. The molecule has 1 saturated heterocycles. The maximum Gasteiger partial charge on any atom is 0.335 e. The zero-order valence-corrected chi connectivity index (χ0v) is 12.4. The molecule has 21 heavy (non-hydrogen) atoms. The van der Waals surface area contributed by atoms with Gasteiger partial charge in [0.05, 0.1) is 5.69 Å². The van der Waals surface area contributed by atoms with Crippen LogP contribution < -0.4 is 10.2 Å². The number of benzene rings is 1. The molecule has 1 aromatic carbocycles. The number of imide groups is 2. The minimum absolute atomic E-state index is 0.422. The van der Waals surface area contributed by atoms with Gasteiger partial charge in [0.15, 0.2) is 0 Å². The minimum atomic E-state index is -0.776. The summed E-state index contributed by atoms with van der Waals surface area (Å²) in [6.45, 7) is 3.95. The summed E-state index contributed by atoms with van der Waals surface area (Å²) in [6, 6.07) is 6.68. The number of nitrogens with one attached hydrogen (secondary N) is 1. The second kappa shape index (κ2) is 6.52. The molecule has 1 unspecified atom stereocenters. The van der Waals surface area contributed by atoms with E-state index in [1.807, 2.05) is 26.0 Å². The highest BCUT2D eigenvalue weighted by molar-refractivity contribution is 6.27. The quantitative estimate of drug-likeness (QED) is 0.847. The number of urea groups is 1. The Balaban J connectivity index is 2.39. The van der Waals surface area contributed by atoms with Crippen LogP contribution in [-0.2, 0) is 16.0 Å². The van der Waals surface area contributed by atoms with Crippen LogP contribution in [0.25, 0.3) is 0 Å². The summed E-state index contributed by atoms with van der Waals surface area (Å²) in [5.74, 6) is -1.69. The summed E-state index contributed by atoms with van der Waals surface area (Å²) in [5, 5.41) is 2.29. The van der Waals surface area contributed by atoms with E-state index in [0.717, 1.165) is 23.3 Å². The lowest BCUT2D eigenvalue weighted by Gasteiger charge is -2.31. The molecule has 0 spiro atoms. The fraction of sp³-hybridized carbons (Fsp3) is 0.438. The molecule has 0 aromatic heterocycles. The van der Waals surface area contributed by atoms with Gasteiger partial charge in [0, 0.05) is 0 Å². The van der Waals surface area contributed by atoms with E-state index in [0.29, 0.717) is 18.5 Å². The molecule has 1 heterocycles. The number of rotatable bonds is 5. The molecule has 112 valence electrons. The number of amides is 4. The van der Waals surface area contributed by atoms with Crippen molar-refractivity contribution in [2.45, 2.75) is 39.5 Å². The molecule has 0 saturated carbocycles. The van der Waals surface area contributed by atoms with Crippen molar-refractivity contribution in [3.8, 4) is 0 Å². The molecule has 1 atom stereocenters. The van der Waals surface area contributed by atoms with E-state index in [2.05, 4.69) is 5.32 Å². The Morgan fingerprint density at radius 1 is 1.10 bits per heavy atom. The largest absolute Gasteiger partial charge is 0.335 e. The summed E-state index contributed by atoms with van der Waals surface area (Å²) in [5.41, 5.74) is 1.52. The molecule has 0 bridgehead atoms. The topological polar surface area (TPSA) is 66.5 Å². The van der Waals surface area contributed by atoms with Crippen LogP contribution >= 0.6 is 0 Å². The van der Waals surface area contributed by atoms with E-state index in [4.69, 9.17) is 0 Å². The number of hydrogen-bond donors (Lipinski definition) is 1. The molecule has 1 aliphatic heterocycles. The van der Waals surface area contributed by atoms with Crippen molar-refractivity contribution in [2.75, 3.05) is 4.90 Å². The number of aryl methyl sites for hydroxylation is 1. The van der Waals surface area contributed by atoms with Gasteiger partial charge in [-0.05, 0) is 24.5 Å². The Hall–Kier alpha value is -2.17. The summed E-state index contributed by atoms with van der Waals surface area (Å²) in [7, 11) is 0. The lowest BCUT2D eigenvalue weighted by atomic mass is 9.97. The number of carbonyl (C=O) groups is 3. The van der Waals surface area contributed by atoms with E-state index < -0.39 is 23.8 Å². The van der Waals surface area contributed by atoms with Gasteiger partial charge >= 0.3 is 6.03 Å². The molecule has 5 nitrogen and oxygen atoms in total. The van der Waals surface area contributed by atoms with Crippen molar-refractivity contribution in [3.05, 3.63) is 29.8 Å². The first-order valence-electron chi connectivity index (χ1n) is 7.36. The zero-order chi connectivity index (χ0) is 15.4. The highest BCUT2D eigenvalue weighted by Crippen LogP contribution is 2.27.